The van der Waals surface area contributed by atoms with E-state index in [1.165, 1.54) is 0 Å². The van der Waals surface area contributed by atoms with Gasteiger partial charge in [-0.05, 0) is 31.5 Å². The fourth-order valence-electron chi connectivity index (χ4n) is 2.38. The van der Waals surface area contributed by atoms with Gasteiger partial charge in [0.25, 0.3) is 5.91 Å². The smallest absolute Gasteiger partial charge is 0.317 e. The lowest BCUT2D eigenvalue weighted by molar-refractivity contribution is 0.0943. The van der Waals surface area contributed by atoms with Gasteiger partial charge in [0.2, 0.25) is 0 Å². The number of carbonyl (C=O) groups excluding carboxylic acids is 2. The van der Waals surface area contributed by atoms with E-state index in [1.807, 2.05) is 39.2 Å². The minimum absolute atomic E-state index is 0.0805. The van der Waals surface area contributed by atoms with Crippen molar-refractivity contribution < 1.29 is 9.59 Å². The molecule has 0 spiro atoms. The number of carbonyl (C=O) groups is 2. The lowest BCUT2D eigenvalue weighted by Crippen LogP contribution is -2.36. The number of aryl methyl sites for hydroxylation is 1. The van der Waals surface area contributed by atoms with Crippen molar-refractivity contribution in [3.05, 3.63) is 53.3 Å². The van der Waals surface area contributed by atoms with E-state index in [2.05, 4.69) is 15.7 Å². The Bertz CT molecular complexity index is 739. The van der Waals surface area contributed by atoms with Gasteiger partial charge in [-0.25, -0.2) is 4.79 Å². The number of hydrogen-bond acceptors (Lipinski definition) is 3. The molecule has 2 rings (SSSR count). The van der Waals surface area contributed by atoms with Crippen LogP contribution in [0.1, 0.15) is 35.3 Å². The van der Waals surface area contributed by atoms with Gasteiger partial charge in [0.05, 0.1) is 12.7 Å². The van der Waals surface area contributed by atoms with Crippen molar-refractivity contribution in [3.8, 4) is 0 Å². The zero-order valence-corrected chi connectivity index (χ0v) is 15.1. The van der Waals surface area contributed by atoms with Crippen molar-refractivity contribution in [2.24, 2.45) is 7.05 Å². The van der Waals surface area contributed by atoms with Crippen LogP contribution in [-0.2, 0) is 20.1 Å². The Morgan fingerprint density at radius 2 is 2.04 bits per heavy atom. The van der Waals surface area contributed by atoms with Crippen LogP contribution >= 0.6 is 0 Å². The van der Waals surface area contributed by atoms with Crippen molar-refractivity contribution in [2.45, 2.75) is 33.0 Å². The zero-order valence-electron chi connectivity index (χ0n) is 15.1. The Morgan fingerprint density at radius 3 is 2.68 bits per heavy atom. The van der Waals surface area contributed by atoms with Crippen LogP contribution in [0.15, 0.2) is 36.7 Å². The van der Waals surface area contributed by atoms with Crippen LogP contribution in [0.5, 0.6) is 0 Å². The largest absolute Gasteiger partial charge is 0.350 e. The predicted molar refractivity (Wildman–Crippen MR) is 96.0 cm³/mol. The number of aromatic nitrogens is 2. The molecule has 2 N–H and O–H groups in total. The number of nitrogens with one attached hydrogen (secondary N) is 2. The normalized spacial score (nSPS) is 10.6. The summed E-state index contributed by atoms with van der Waals surface area (Å²) in [6, 6.07) is 7.15. The third-order valence-corrected chi connectivity index (χ3v) is 3.58. The second kappa shape index (κ2) is 8.32. The van der Waals surface area contributed by atoms with Gasteiger partial charge in [-0.2, -0.15) is 5.10 Å². The minimum Gasteiger partial charge on any atom is -0.350 e. The number of benzene rings is 1. The van der Waals surface area contributed by atoms with Gasteiger partial charge in [0.15, 0.2) is 0 Å². The molecule has 1 aromatic heterocycles. The van der Waals surface area contributed by atoms with E-state index in [1.54, 1.807) is 35.0 Å². The highest BCUT2D eigenvalue weighted by molar-refractivity contribution is 5.94. The Kier molecular flexibility index (Phi) is 6.16. The Balaban J connectivity index is 1.89. The van der Waals surface area contributed by atoms with Crippen molar-refractivity contribution in [1.82, 2.24) is 25.3 Å². The molecule has 0 saturated carbocycles. The van der Waals surface area contributed by atoms with Gasteiger partial charge in [0.1, 0.15) is 0 Å². The number of nitrogens with zero attached hydrogens (tertiary/aromatic N) is 3. The fourth-order valence-corrected chi connectivity index (χ4v) is 2.38. The topological polar surface area (TPSA) is 79.3 Å². The molecule has 1 heterocycles. The number of urea groups is 1. The first-order valence-corrected chi connectivity index (χ1v) is 8.21. The predicted octanol–water partition coefficient (Wildman–Crippen LogP) is 1.90. The maximum Gasteiger partial charge on any atom is 0.317 e. The summed E-state index contributed by atoms with van der Waals surface area (Å²) >= 11 is 0. The van der Waals surface area contributed by atoms with Crippen LogP contribution in [0.25, 0.3) is 0 Å². The van der Waals surface area contributed by atoms with Crippen molar-refractivity contribution >= 4 is 11.9 Å². The standard InChI is InChI=1S/C18H25N5O2/c1-13(2)21-17(24)16-7-5-6-14(8-16)9-19-18(25)22(3)11-15-10-20-23(4)12-15/h5-8,10,12-13H,9,11H2,1-4H3,(H,19,25)(H,21,24). The summed E-state index contributed by atoms with van der Waals surface area (Å²) in [5.41, 5.74) is 2.43. The highest BCUT2D eigenvalue weighted by atomic mass is 16.2. The summed E-state index contributed by atoms with van der Waals surface area (Å²) in [7, 11) is 3.57. The molecule has 0 aliphatic rings. The molecule has 134 valence electrons. The number of hydrogen-bond donors (Lipinski definition) is 2. The van der Waals surface area contributed by atoms with Gasteiger partial charge < -0.3 is 15.5 Å². The highest BCUT2D eigenvalue weighted by Crippen LogP contribution is 2.07. The van der Waals surface area contributed by atoms with E-state index in [4.69, 9.17) is 0 Å². The quantitative estimate of drug-likeness (QED) is 0.841. The van der Waals surface area contributed by atoms with Crippen LogP contribution in [0.4, 0.5) is 4.79 Å². The monoisotopic (exact) mass is 343 g/mol. The molecular formula is C18H25N5O2. The van der Waals surface area contributed by atoms with Crippen LogP contribution in [-0.4, -0.2) is 39.7 Å². The first-order valence-electron chi connectivity index (χ1n) is 8.21. The molecule has 3 amide bonds. The Morgan fingerprint density at radius 1 is 1.28 bits per heavy atom. The van der Waals surface area contributed by atoms with Crippen LogP contribution in [0.3, 0.4) is 0 Å². The van der Waals surface area contributed by atoms with Crippen molar-refractivity contribution in [1.29, 1.82) is 0 Å². The average molecular weight is 343 g/mol. The summed E-state index contributed by atoms with van der Waals surface area (Å²) in [5, 5.41) is 9.81. The SMILES string of the molecule is CC(C)NC(=O)c1cccc(CNC(=O)N(C)Cc2cnn(C)c2)c1. The van der Waals surface area contributed by atoms with Crippen molar-refractivity contribution in [3.63, 3.8) is 0 Å². The van der Waals surface area contributed by atoms with Crippen LogP contribution in [0.2, 0.25) is 0 Å². The second-order valence-electron chi connectivity index (χ2n) is 6.37. The van der Waals surface area contributed by atoms with Gasteiger partial charge in [-0.15, -0.1) is 0 Å². The van der Waals surface area contributed by atoms with Crippen LogP contribution in [0, 0.1) is 0 Å². The summed E-state index contributed by atoms with van der Waals surface area (Å²) in [4.78, 5) is 25.8. The van der Waals surface area contributed by atoms with E-state index in [-0.39, 0.29) is 18.0 Å². The molecule has 0 aliphatic heterocycles. The Hall–Kier alpha value is -2.83. The summed E-state index contributed by atoms with van der Waals surface area (Å²) in [5.74, 6) is -0.114. The fraction of sp³-hybridized carbons (Fsp3) is 0.389. The van der Waals surface area contributed by atoms with E-state index in [0.717, 1.165) is 11.1 Å². The van der Waals surface area contributed by atoms with Gasteiger partial charge in [-0.3, -0.25) is 9.48 Å². The lowest BCUT2D eigenvalue weighted by Gasteiger charge is -2.17. The molecule has 0 fully saturated rings. The molecule has 0 radical (unpaired) electrons. The molecule has 1 aromatic carbocycles. The summed E-state index contributed by atoms with van der Waals surface area (Å²) in [6.07, 6.45) is 3.61. The highest BCUT2D eigenvalue weighted by Gasteiger charge is 2.11. The lowest BCUT2D eigenvalue weighted by atomic mass is 10.1. The third kappa shape index (κ3) is 5.63. The second-order valence-corrected chi connectivity index (χ2v) is 6.37. The zero-order chi connectivity index (χ0) is 18.4. The maximum absolute atomic E-state index is 12.2. The molecule has 2 aromatic rings. The van der Waals surface area contributed by atoms with Gasteiger partial charge >= 0.3 is 6.03 Å². The van der Waals surface area contributed by atoms with E-state index < -0.39 is 0 Å². The van der Waals surface area contributed by atoms with E-state index >= 15 is 0 Å². The van der Waals surface area contributed by atoms with Crippen molar-refractivity contribution in [2.75, 3.05) is 7.05 Å². The van der Waals surface area contributed by atoms with Gasteiger partial charge in [0, 0.05) is 44.0 Å². The first-order chi connectivity index (χ1) is 11.8. The van der Waals surface area contributed by atoms with Gasteiger partial charge in [-0.1, -0.05) is 12.1 Å². The number of amides is 3. The van der Waals surface area contributed by atoms with E-state index in [0.29, 0.717) is 18.7 Å². The summed E-state index contributed by atoms with van der Waals surface area (Å²) < 4.78 is 1.70. The molecule has 7 nitrogen and oxygen atoms in total. The maximum atomic E-state index is 12.2. The molecule has 0 aliphatic carbocycles. The van der Waals surface area contributed by atoms with E-state index in [9.17, 15) is 9.59 Å². The molecule has 0 atom stereocenters. The molecule has 0 bridgehead atoms. The van der Waals surface area contributed by atoms with Crippen LogP contribution < -0.4 is 10.6 Å². The molecular weight excluding hydrogens is 318 g/mol. The third-order valence-electron chi connectivity index (χ3n) is 3.58. The molecule has 0 unspecified atom stereocenters. The Labute approximate surface area is 148 Å². The summed E-state index contributed by atoms with van der Waals surface area (Å²) in [6.45, 7) is 4.68. The molecule has 7 heteroatoms. The molecule has 25 heavy (non-hydrogen) atoms. The number of rotatable bonds is 6. The minimum atomic E-state index is -0.180. The first kappa shape index (κ1) is 18.5. The average Bonchev–Trinajstić information content (AvgIpc) is 2.97. The molecule has 0 saturated heterocycles.